The van der Waals surface area contributed by atoms with Crippen LogP contribution in [0.25, 0.3) is 0 Å². The van der Waals surface area contributed by atoms with Gasteiger partial charge in [0.25, 0.3) is 11.8 Å². The number of hydrogen-bond acceptors (Lipinski definition) is 4. The van der Waals surface area contributed by atoms with E-state index in [1.54, 1.807) is 18.2 Å². The highest BCUT2D eigenvalue weighted by Crippen LogP contribution is 2.32. The molecule has 0 saturated carbocycles. The first-order valence-corrected chi connectivity index (χ1v) is 7.81. The summed E-state index contributed by atoms with van der Waals surface area (Å²) in [6.07, 6.45) is -0.624. The lowest BCUT2D eigenvalue weighted by atomic mass is 10.1. The number of nitrogens with one attached hydrogen (secondary N) is 1. The summed E-state index contributed by atoms with van der Waals surface area (Å²) < 4.78 is 24.4. The Morgan fingerprint density at radius 3 is 2.84 bits per heavy atom. The molecule has 1 heterocycles. The number of para-hydroxylation sites is 1. The van der Waals surface area contributed by atoms with Crippen molar-refractivity contribution in [2.24, 2.45) is 5.73 Å². The number of primary amides is 1. The first kappa shape index (κ1) is 16.8. The van der Waals surface area contributed by atoms with E-state index >= 15 is 0 Å². The van der Waals surface area contributed by atoms with Crippen LogP contribution in [0.1, 0.15) is 22.8 Å². The van der Waals surface area contributed by atoms with Crippen molar-refractivity contribution >= 4 is 17.5 Å². The Hall–Kier alpha value is -3.09. The van der Waals surface area contributed by atoms with E-state index in [9.17, 15) is 14.0 Å². The Morgan fingerprint density at radius 1 is 1.36 bits per heavy atom. The van der Waals surface area contributed by atoms with Crippen LogP contribution in [0, 0.1) is 5.82 Å². The number of benzene rings is 2. The summed E-state index contributed by atoms with van der Waals surface area (Å²) in [6.45, 7) is 2.25. The van der Waals surface area contributed by atoms with Gasteiger partial charge < -0.3 is 20.5 Å². The highest BCUT2D eigenvalue weighted by molar-refractivity contribution is 6.04. The largest absolute Gasteiger partial charge is 0.494 e. The van der Waals surface area contributed by atoms with Gasteiger partial charge in [0.2, 0.25) is 0 Å². The first-order valence-electron chi connectivity index (χ1n) is 7.81. The van der Waals surface area contributed by atoms with E-state index in [1.807, 2.05) is 6.92 Å². The van der Waals surface area contributed by atoms with Crippen molar-refractivity contribution in [2.45, 2.75) is 19.4 Å². The molecule has 0 radical (unpaired) electrons. The molecule has 6 nitrogen and oxygen atoms in total. The molecule has 130 valence electrons. The van der Waals surface area contributed by atoms with Crippen LogP contribution in [0.3, 0.4) is 0 Å². The maximum atomic E-state index is 13.7. The normalized spacial score (nSPS) is 15.2. The van der Waals surface area contributed by atoms with E-state index in [2.05, 4.69) is 5.32 Å². The highest BCUT2D eigenvalue weighted by Gasteiger charge is 2.31. The molecule has 1 unspecified atom stereocenters. The van der Waals surface area contributed by atoms with Crippen LogP contribution < -0.4 is 20.5 Å². The number of carbonyl (C=O) groups excluding carboxylic acids is 2. The summed E-state index contributed by atoms with van der Waals surface area (Å²) in [6, 6.07) is 9.16. The molecule has 25 heavy (non-hydrogen) atoms. The van der Waals surface area contributed by atoms with E-state index in [1.165, 1.54) is 18.2 Å². The second-order valence-corrected chi connectivity index (χ2v) is 5.53. The quantitative estimate of drug-likeness (QED) is 0.870. The van der Waals surface area contributed by atoms with Gasteiger partial charge in [0, 0.05) is 12.0 Å². The number of fused-ring (bicyclic) bond motifs is 1. The number of anilines is 1. The SMILES string of the molecule is CCOc1ccc(NC(=O)C2Cc3cccc(F)c3O2)c(C(N)=O)c1. The van der Waals surface area contributed by atoms with Gasteiger partial charge in [0.15, 0.2) is 17.7 Å². The number of nitrogens with two attached hydrogens (primary N) is 1. The molecule has 0 fully saturated rings. The van der Waals surface area contributed by atoms with Gasteiger partial charge in [0.05, 0.1) is 17.9 Å². The van der Waals surface area contributed by atoms with Gasteiger partial charge in [-0.3, -0.25) is 9.59 Å². The van der Waals surface area contributed by atoms with E-state index in [-0.39, 0.29) is 23.4 Å². The molecule has 2 aromatic rings. The summed E-state index contributed by atoms with van der Waals surface area (Å²) in [7, 11) is 0. The second kappa shape index (κ2) is 6.80. The predicted octanol–water partition coefficient (Wildman–Crippen LogP) is 2.27. The summed E-state index contributed by atoms with van der Waals surface area (Å²) in [5, 5.41) is 2.61. The van der Waals surface area contributed by atoms with Gasteiger partial charge in [-0.25, -0.2) is 4.39 Å². The van der Waals surface area contributed by atoms with E-state index < -0.39 is 23.7 Å². The molecule has 3 rings (SSSR count). The minimum atomic E-state index is -0.876. The number of amides is 2. The van der Waals surface area contributed by atoms with Crippen LogP contribution in [0.2, 0.25) is 0 Å². The zero-order valence-electron chi connectivity index (χ0n) is 13.5. The molecule has 0 saturated heterocycles. The molecule has 1 atom stereocenters. The molecule has 3 N–H and O–H groups in total. The number of carbonyl (C=O) groups is 2. The van der Waals surface area contributed by atoms with Crippen molar-refractivity contribution in [1.29, 1.82) is 0 Å². The van der Waals surface area contributed by atoms with Crippen molar-refractivity contribution in [3.63, 3.8) is 0 Å². The van der Waals surface area contributed by atoms with E-state index in [0.29, 0.717) is 17.9 Å². The lowest BCUT2D eigenvalue weighted by Gasteiger charge is -2.14. The summed E-state index contributed by atoms with van der Waals surface area (Å²) in [5.74, 6) is -1.13. The van der Waals surface area contributed by atoms with Gasteiger partial charge in [-0.05, 0) is 31.2 Å². The van der Waals surface area contributed by atoms with Crippen molar-refractivity contribution in [1.82, 2.24) is 0 Å². The Labute approximate surface area is 143 Å². The molecule has 0 spiro atoms. The summed E-state index contributed by atoms with van der Waals surface area (Å²) in [4.78, 5) is 24.1. The van der Waals surface area contributed by atoms with E-state index in [4.69, 9.17) is 15.2 Å². The van der Waals surface area contributed by atoms with Gasteiger partial charge in [-0.1, -0.05) is 12.1 Å². The standard InChI is InChI=1S/C18H17FN2O4/c1-2-24-11-6-7-14(12(9-11)17(20)22)21-18(23)15-8-10-4-3-5-13(19)16(10)25-15/h3-7,9,15H,2,8H2,1H3,(H2,20,22)(H,21,23). The lowest BCUT2D eigenvalue weighted by molar-refractivity contribution is -0.122. The molecule has 2 amide bonds. The van der Waals surface area contributed by atoms with E-state index in [0.717, 1.165) is 0 Å². The lowest BCUT2D eigenvalue weighted by Crippen LogP contribution is -2.32. The summed E-state index contributed by atoms with van der Waals surface area (Å²) in [5.41, 5.74) is 6.37. The van der Waals surface area contributed by atoms with Crippen molar-refractivity contribution in [3.8, 4) is 11.5 Å². The minimum Gasteiger partial charge on any atom is -0.494 e. The monoisotopic (exact) mass is 344 g/mol. The maximum Gasteiger partial charge on any atom is 0.265 e. The Bertz CT molecular complexity index is 838. The third-order valence-corrected chi connectivity index (χ3v) is 3.83. The molecule has 0 aromatic heterocycles. The first-order chi connectivity index (χ1) is 12.0. The smallest absolute Gasteiger partial charge is 0.265 e. The van der Waals surface area contributed by atoms with Gasteiger partial charge in [-0.2, -0.15) is 0 Å². The third kappa shape index (κ3) is 3.40. The molecular formula is C18H17FN2O4. The summed E-state index contributed by atoms with van der Waals surface area (Å²) >= 11 is 0. The maximum absolute atomic E-state index is 13.7. The number of hydrogen-bond donors (Lipinski definition) is 2. The Kier molecular flexibility index (Phi) is 4.56. The number of halogens is 1. The fourth-order valence-electron chi connectivity index (χ4n) is 2.68. The molecule has 1 aliphatic rings. The number of ether oxygens (including phenoxy) is 2. The van der Waals surface area contributed by atoms with Crippen LogP contribution in [0.15, 0.2) is 36.4 Å². The fraction of sp³-hybridized carbons (Fsp3) is 0.222. The van der Waals surface area contributed by atoms with Crippen LogP contribution in [0.4, 0.5) is 10.1 Å². The van der Waals surface area contributed by atoms with Crippen molar-refractivity contribution in [3.05, 3.63) is 53.3 Å². The molecule has 0 bridgehead atoms. The second-order valence-electron chi connectivity index (χ2n) is 5.53. The zero-order valence-corrected chi connectivity index (χ0v) is 13.5. The van der Waals surface area contributed by atoms with Gasteiger partial charge in [0.1, 0.15) is 5.75 Å². The Morgan fingerprint density at radius 2 is 2.16 bits per heavy atom. The third-order valence-electron chi connectivity index (χ3n) is 3.83. The zero-order chi connectivity index (χ0) is 18.0. The van der Waals surface area contributed by atoms with Crippen LogP contribution in [-0.2, 0) is 11.2 Å². The highest BCUT2D eigenvalue weighted by atomic mass is 19.1. The fourth-order valence-corrected chi connectivity index (χ4v) is 2.68. The average molecular weight is 344 g/mol. The Balaban J connectivity index is 1.78. The topological polar surface area (TPSA) is 90.7 Å². The number of rotatable bonds is 5. The van der Waals surface area contributed by atoms with Crippen LogP contribution in [0.5, 0.6) is 11.5 Å². The average Bonchev–Trinajstić information content (AvgIpc) is 3.02. The van der Waals surface area contributed by atoms with Gasteiger partial charge in [-0.15, -0.1) is 0 Å². The van der Waals surface area contributed by atoms with Crippen molar-refractivity contribution < 1.29 is 23.5 Å². The molecule has 1 aliphatic heterocycles. The molecule has 0 aliphatic carbocycles. The predicted molar refractivity (Wildman–Crippen MR) is 89.3 cm³/mol. The van der Waals surface area contributed by atoms with Crippen LogP contribution in [-0.4, -0.2) is 24.5 Å². The minimum absolute atomic E-state index is 0.0875. The van der Waals surface area contributed by atoms with Crippen molar-refractivity contribution in [2.75, 3.05) is 11.9 Å². The molecule has 7 heteroatoms. The molecule has 2 aromatic carbocycles. The molecular weight excluding hydrogens is 327 g/mol. The van der Waals surface area contributed by atoms with Crippen LogP contribution >= 0.6 is 0 Å². The van der Waals surface area contributed by atoms with Gasteiger partial charge >= 0.3 is 0 Å².